The van der Waals surface area contributed by atoms with Crippen molar-refractivity contribution < 1.29 is 26.7 Å². The Bertz CT molecular complexity index is 927. The Morgan fingerprint density at radius 3 is 2.41 bits per heavy atom. The molecule has 1 amide bonds. The lowest BCUT2D eigenvalue weighted by molar-refractivity contribution is 0.0470. The molecule has 1 saturated heterocycles. The number of halogens is 3. The van der Waals surface area contributed by atoms with Crippen LogP contribution in [0.4, 0.5) is 18.9 Å². The third kappa shape index (κ3) is 4.95. The van der Waals surface area contributed by atoms with E-state index in [2.05, 4.69) is 4.72 Å². The quantitative estimate of drug-likeness (QED) is 0.569. The van der Waals surface area contributed by atoms with Crippen LogP contribution in [0.3, 0.4) is 0 Å². The fourth-order valence-corrected chi connectivity index (χ4v) is 3.70. The summed E-state index contributed by atoms with van der Waals surface area (Å²) >= 11 is -2.20. The first-order valence-electron chi connectivity index (χ1n) is 8.89. The topological polar surface area (TPSA) is 72.9 Å². The zero-order valence-electron chi connectivity index (χ0n) is 15.6. The van der Waals surface area contributed by atoms with E-state index in [1.807, 2.05) is 6.92 Å². The molecule has 2 N–H and O–H groups in total. The number of rotatable bonds is 5. The normalized spacial score (nSPS) is 18.5. The molecule has 2 aromatic carbocycles. The Balaban J connectivity index is 1.65. The number of carbonyl (C=O) groups is 1. The SMILES string of the molecule is CC1CN(Cc2c(F)ccc(F)c2F)CCN1C(=O)c1ccc(NS(=O)O)cc1. The van der Waals surface area contributed by atoms with Crippen molar-refractivity contribution in [2.24, 2.45) is 0 Å². The molecule has 6 nitrogen and oxygen atoms in total. The summed E-state index contributed by atoms with van der Waals surface area (Å²) < 4.78 is 63.1. The van der Waals surface area contributed by atoms with E-state index in [9.17, 15) is 22.2 Å². The van der Waals surface area contributed by atoms with Crippen molar-refractivity contribution in [3.8, 4) is 0 Å². The van der Waals surface area contributed by atoms with E-state index < -0.39 is 28.7 Å². The standard InChI is InChI=1S/C19H20F3N3O3S/c1-12-10-24(11-15-16(20)6-7-17(21)18(15)22)8-9-25(12)19(26)13-2-4-14(5-3-13)23-29(27)28/h2-7,12,23H,8-11H2,1H3,(H,27,28). The van der Waals surface area contributed by atoms with Gasteiger partial charge in [-0.1, -0.05) is 0 Å². The summed E-state index contributed by atoms with van der Waals surface area (Å²) in [7, 11) is 0. The van der Waals surface area contributed by atoms with Crippen molar-refractivity contribution in [2.75, 3.05) is 24.4 Å². The van der Waals surface area contributed by atoms with E-state index in [1.54, 1.807) is 21.9 Å². The van der Waals surface area contributed by atoms with Crippen LogP contribution >= 0.6 is 0 Å². The number of amides is 1. The minimum atomic E-state index is -2.20. The Morgan fingerprint density at radius 1 is 1.14 bits per heavy atom. The molecule has 1 fully saturated rings. The first-order valence-corrected chi connectivity index (χ1v) is 10.00. The lowest BCUT2D eigenvalue weighted by Crippen LogP contribution is -2.53. The number of benzene rings is 2. The summed E-state index contributed by atoms with van der Waals surface area (Å²) in [6.07, 6.45) is 0. The first kappa shape index (κ1) is 21.3. The van der Waals surface area contributed by atoms with Crippen molar-refractivity contribution in [2.45, 2.75) is 19.5 Å². The van der Waals surface area contributed by atoms with Gasteiger partial charge in [-0.25, -0.2) is 17.4 Å². The molecule has 3 rings (SSSR count). The number of carbonyl (C=O) groups excluding carboxylic acids is 1. The van der Waals surface area contributed by atoms with Gasteiger partial charge in [0.2, 0.25) is 0 Å². The van der Waals surface area contributed by atoms with Gasteiger partial charge in [0.15, 0.2) is 11.6 Å². The summed E-state index contributed by atoms with van der Waals surface area (Å²) in [5.41, 5.74) is 0.502. The molecule has 2 aromatic rings. The molecule has 1 aliphatic rings. The van der Waals surface area contributed by atoms with Crippen molar-refractivity contribution in [3.63, 3.8) is 0 Å². The summed E-state index contributed by atoms with van der Waals surface area (Å²) in [6.45, 7) is 2.85. The van der Waals surface area contributed by atoms with Crippen LogP contribution in [0, 0.1) is 17.5 Å². The van der Waals surface area contributed by atoms with Gasteiger partial charge in [-0.05, 0) is 43.3 Å². The number of nitrogens with one attached hydrogen (secondary N) is 1. The van der Waals surface area contributed by atoms with Gasteiger partial charge in [-0.2, -0.15) is 0 Å². The molecule has 0 saturated carbocycles. The minimum absolute atomic E-state index is 0.0829. The molecule has 0 radical (unpaired) electrons. The van der Waals surface area contributed by atoms with E-state index in [1.165, 1.54) is 12.1 Å². The Morgan fingerprint density at radius 2 is 1.79 bits per heavy atom. The van der Waals surface area contributed by atoms with E-state index in [0.29, 0.717) is 30.9 Å². The maximum absolute atomic E-state index is 13.9. The highest BCUT2D eigenvalue weighted by atomic mass is 32.2. The van der Waals surface area contributed by atoms with Gasteiger partial charge >= 0.3 is 0 Å². The number of hydrogen-bond donors (Lipinski definition) is 2. The first-order chi connectivity index (χ1) is 13.8. The number of piperazine rings is 1. The van der Waals surface area contributed by atoms with Gasteiger partial charge in [0.05, 0.1) is 0 Å². The van der Waals surface area contributed by atoms with Crippen LogP contribution in [0.1, 0.15) is 22.8 Å². The molecule has 2 unspecified atom stereocenters. The number of hydrogen-bond acceptors (Lipinski definition) is 3. The monoisotopic (exact) mass is 427 g/mol. The summed E-state index contributed by atoms with van der Waals surface area (Å²) in [4.78, 5) is 16.2. The summed E-state index contributed by atoms with van der Waals surface area (Å²) in [6, 6.07) is 7.59. The molecule has 0 bridgehead atoms. The highest BCUT2D eigenvalue weighted by Gasteiger charge is 2.29. The fourth-order valence-electron chi connectivity index (χ4n) is 3.36. The molecular weight excluding hydrogens is 407 g/mol. The Labute approximate surface area is 168 Å². The van der Waals surface area contributed by atoms with Crippen LogP contribution in [0.2, 0.25) is 0 Å². The maximum Gasteiger partial charge on any atom is 0.259 e. The number of nitrogens with zero attached hydrogens (tertiary/aromatic N) is 2. The fraction of sp³-hybridized carbons (Fsp3) is 0.316. The molecule has 1 heterocycles. The maximum atomic E-state index is 13.9. The number of anilines is 1. The van der Waals surface area contributed by atoms with E-state index in [0.717, 1.165) is 12.1 Å². The van der Waals surface area contributed by atoms with Crippen LogP contribution in [-0.4, -0.2) is 50.1 Å². The molecule has 0 spiro atoms. The molecule has 1 aliphatic heterocycles. The van der Waals surface area contributed by atoms with Crippen molar-refractivity contribution >= 4 is 22.9 Å². The summed E-state index contributed by atoms with van der Waals surface area (Å²) in [5.74, 6) is -3.29. The van der Waals surface area contributed by atoms with E-state index >= 15 is 0 Å². The van der Waals surface area contributed by atoms with Crippen LogP contribution in [-0.2, 0) is 17.8 Å². The van der Waals surface area contributed by atoms with Crippen LogP contribution < -0.4 is 4.72 Å². The molecule has 29 heavy (non-hydrogen) atoms. The lowest BCUT2D eigenvalue weighted by atomic mass is 10.1. The molecule has 2 atom stereocenters. The van der Waals surface area contributed by atoms with Gasteiger partial charge < -0.3 is 4.90 Å². The largest absolute Gasteiger partial charge is 0.333 e. The molecule has 0 aromatic heterocycles. The van der Waals surface area contributed by atoms with Crippen molar-refractivity contribution in [3.05, 3.63) is 65.0 Å². The predicted octanol–water partition coefficient (Wildman–Crippen LogP) is 3.00. The third-order valence-corrected chi connectivity index (χ3v) is 5.24. The van der Waals surface area contributed by atoms with Gasteiger partial charge in [0, 0.05) is 49.0 Å². The Hall–Kier alpha value is -2.43. The predicted molar refractivity (Wildman–Crippen MR) is 103 cm³/mol. The second-order valence-corrected chi connectivity index (χ2v) is 7.54. The zero-order valence-corrected chi connectivity index (χ0v) is 16.4. The molecule has 156 valence electrons. The second kappa shape index (κ2) is 8.93. The smallest absolute Gasteiger partial charge is 0.259 e. The van der Waals surface area contributed by atoms with Gasteiger partial charge in [0.25, 0.3) is 17.2 Å². The van der Waals surface area contributed by atoms with Crippen molar-refractivity contribution in [1.29, 1.82) is 0 Å². The van der Waals surface area contributed by atoms with Gasteiger partial charge in [-0.15, -0.1) is 0 Å². The molecule has 10 heteroatoms. The van der Waals surface area contributed by atoms with Crippen LogP contribution in [0.5, 0.6) is 0 Å². The molecule has 0 aliphatic carbocycles. The highest BCUT2D eigenvalue weighted by molar-refractivity contribution is 7.80. The van der Waals surface area contributed by atoms with Crippen LogP contribution in [0.15, 0.2) is 36.4 Å². The van der Waals surface area contributed by atoms with E-state index in [-0.39, 0.29) is 24.1 Å². The van der Waals surface area contributed by atoms with Gasteiger partial charge in [0.1, 0.15) is 5.82 Å². The zero-order chi connectivity index (χ0) is 21.1. The second-order valence-electron chi connectivity index (χ2n) is 6.83. The van der Waals surface area contributed by atoms with Crippen LogP contribution in [0.25, 0.3) is 0 Å². The lowest BCUT2D eigenvalue weighted by Gasteiger charge is -2.40. The summed E-state index contributed by atoms with van der Waals surface area (Å²) in [5, 5.41) is 0. The third-order valence-electron chi connectivity index (χ3n) is 4.83. The highest BCUT2D eigenvalue weighted by Crippen LogP contribution is 2.21. The molecular formula is C19H20F3N3O3S. The average molecular weight is 427 g/mol. The van der Waals surface area contributed by atoms with Gasteiger partial charge in [-0.3, -0.25) is 19.0 Å². The average Bonchev–Trinajstić information content (AvgIpc) is 2.68. The minimum Gasteiger partial charge on any atom is -0.333 e. The Kier molecular flexibility index (Phi) is 6.56. The van der Waals surface area contributed by atoms with E-state index in [4.69, 9.17) is 4.55 Å². The van der Waals surface area contributed by atoms with Crippen molar-refractivity contribution in [1.82, 2.24) is 9.80 Å².